The molecule has 5 heteroatoms. The Morgan fingerprint density at radius 1 is 1.03 bits per heavy atom. The number of aromatic nitrogens is 1. The van der Waals surface area contributed by atoms with Crippen LogP contribution in [0.15, 0.2) is 73.1 Å². The number of amides is 1. The zero-order valence-corrected chi connectivity index (χ0v) is 17.7. The first-order valence-corrected chi connectivity index (χ1v) is 10.6. The molecular weight excluding hydrogens is 396 g/mol. The van der Waals surface area contributed by atoms with Gasteiger partial charge in [-0.2, -0.15) is 0 Å². The summed E-state index contributed by atoms with van der Waals surface area (Å²) < 4.78 is 5.59. The third kappa shape index (κ3) is 4.25. The molecule has 0 bridgehead atoms. The Morgan fingerprint density at radius 2 is 1.73 bits per heavy atom. The standard InChI is InChI=1S/C25H25ClN2O2/c1-18-4-6-19(7-5-18)23(20-3-2-14-27-17-20)28-24(29)25(12-15-30-16-13-25)21-8-10-22(26)11-9-21/h2-11,14,17,23H,12-13,15-16H2,1H3,(H,28,29)/t23-/m0/s1. The molecule has 1 atom stereocenters. The molecule has 30 heavy (non-hydrogen) atoms. The van der Waals surface area contributed by atoms with Gasteiger partial charge in [0, 0.05) is 30.6 Å². The molecule has 3 aromatic rings. The van der Waals surface area contributed by atoms with Crippen molar-refractivity contribution in [1.82, 2.24) is 10.3 Å². The summed E-state index contributed by atoms with van der Waals surface area (Å²) in [5.41, 5.74) is 3.49. The van der Waals surface area contributed by atoms with E-state index in [1.54, 1.807) is 6.20 Å². The summed E-state index contributed by atoms with van der Waals surface area (Å²) in [7, 11) is 0. The van der Waals surface area contributed by atoms with Crippen LogP contribution in [0.4, 0.5) is 0 Å². The summed E-state index contributed by atoms with van der Waals surface area (Å²) in [6.45, 7) is 3.16. The molecule has 2 heterocycles. The summed E-state index contributed by atoms with van der Waals surface area (Å²) in [5.74, 6) is 0.00236. The Balaban J connectivity index is 1.71. The second kappa shape index (κ2) is 8.99. The maximum Gasteiger partial charge on any atom is 0.231 e. The number of benzene rings is 2. The minimum Gasteiger partial charge on any atom is -0.381 e. The quantitative estimate of drug-likeness (QED) is 0.632. The first-order chi connectivity index (χ1) is 14.6. The average Bonchev–Trinajstić information content (AvgIpc) is 2.79. The van der Waals surface area contributed by atoms with Crippen LogP contribution >= 0.6 is 11.6 Å². The Kier molecular flexibility index (Phi) is 6.16. The topological polar surface area (TPSA) is 51.2 Å². The fraction of sp³-hybridized carbons (Fsp3) is 0.280. The molecule has 1 aromatic heterocycles. The van der Waals surface area contributed by atoms with Crippen molar-refractivity contribution >= 4 is 17.5 Å². The van der Waals surface area contributed by atoms with Gasteiger partial charge in [-0.25, -0.2) is 0 Å². The number of halogens is 1. The third-order valence-electron chi connectivity index (χ3n) is 5.88. The largest absolute Gasteiger partial charge is 0.381 e. The summed E-state index contributed by atoms with van der Waals surface area (Å²) >= 11 is 6.10. The Hall–Kier alpha value is -2.69. The number of ether oxygens (including phenoxy) is 1. The highest BCUT2D eigenvalue weighted by atomic mass is 35.5. The van der Waals surface area contributed by atoms with Crippen molar-refractivity contribution < 1.29 is 9.53 Å². The van der Waals surface area contributed by atoms with Crippen LogP contribution in [-0.2, 0) is 14.9 Å². The predicted molar refractivity (Wildman–Crippen MR) is 119 cm³/mol. The second-order valence-electron chi connectivity index (χ2n) is 7.80. The van der Waals surface area contributed by atoms with E-state index in [1.807, 2.05) is 42.6 Å². The van der Waals surface area contributed by atoms with Gasteiger partial charge in [-0.15, -0.1) is 0 Å². The summed E-state index contributed by atoms with van der Waals surface area (Å²) in [5, 5.41) is 3.99. The molecule has 0 aliphatic carbocycles. The summed E-state index contributed by atoms with van der Waals surface area (Å²) in [6.07, 6.45) is 4.82. The van der Waals surface area contributed by atoms with Gasteiger partial charge in [0.15, 0.2) is 0 Å². The van der Waals surface area contributed by atoms with Gasteiger partial charge < -0.3 is 10.1 Å². The number of rotatable bonds is 5. The van der Waals surface area contributed by atoms with Crippen molar-refractivity contribution in [2.24, 2.45) is 0 Å². The van der Waals surface area contributed by atoms with Gasteiger partial charge in [0.05, 0.1) is 11.5 Å². The van der Waals surface area contributed by atoms with Crippen molar-refractivity contribution in [3.63, 3.8) is 0 Å². The lowest BCUT2D eigenvalue weighted by Gasteiger charge is -2.37. The number of pyridine rings is 1. The van der Waals surface area contributed by atoms with Crippen LogP contribution in [0.3, 0.4) is 0 Å². The van der Waals surface area contributed by atoms with E-state index in [9.17, 15) is 4.79 Å². The molecule has 0 unspecified atom stereocenters. The first kappa shape index (κ1) is 20.6. The van der Waals surface area contributed by atoms with Crippen LogP contribution in [0.1, 0.15) is 41.1 Å². The SMILES string of the molecule is Cc1ccc([C@H](NC(=O)C2(c3ccc(Cl)cc3)CCOCC2)c2cccnc2)cc1. The Labute approximate surface area is 182 Å². The fourth-order valence-electron chi connectivity index (χ4n) is 4.07. The van der Waals surface area contributed by atoms with Crippen LogP contribution in [-0.4, -0.2) is 24.1 Å². The monoisotopic (exact) mass is 420 g/mol. The average molecular weight is 421 g/mol. The molecule has 1 saturated heterocycles. The molecule has 0 spiro atoms. The van der Waals surface area contributed by atoms with E-state index in [-0.39, 0.29) is 11.9 Å². The number of aryl methyl sites for hydroxylation is 1. The van der Waals surface area contributed by atoms with E-state index in [0.29, 0.717) is 31.1 Å². The van der Waals surface area contributed by atoms with Crippen molar-refractivity contribution in [3.05, 3.63) is 100 Å². The van der Waals surface area contributed by atoms with E-state index in [4.69, 9.17) is 16.3 Å². The molecule has 1 N–H and O–H groups in total. The highest BCUT2D eigenvalue weighted by Crippen LogP contribution is 2.37. The van der Waals surface area contributed by atoms with Crippen molar-refractivity contribution in [2.45, 2.75) is 31.2 Å². The lowest BCUT2D eigenvalue weighted by molar-refractivity contribution is -0.131. The van der Waals surface area contributed by atoms with Gasteiger partial charge in [0.2, 0.25) is 5.91 Å². The van der Waals surface area contributed by atoms with Crippen LogP contribution in [0.2, 0.25) is 5.02 Å². The van der Waals surface area contributed by atoms with Gasteiger partial charge in [0.25, 0.3) is 0 Å². The molecule has 4 nitrogen and oxygen atoms in total. The maximum atomic E-state index is 13.8. The summed E-state index contributed by atoms with van der Waals surface area (Å²) in [4.78, 5) is 18.1. The van der Waals surface area contributed by atoms with Crippen LogP contribution in [0, 0.1) is 6.92 Å². The zero-order chi connectivity index (χ0) is 21.0. The van der Waals surface area contributed by atoms with Crippen LogP contribution in [0.5, 0.6) is 0 Å². The molecule has 1 fully saturated rings. The van der Waals surface area contributed by atoms with Gasteiger partial charge >= 0.3 is 0 Å². The highest BCUT2D eigenvalue weighted by molar-refractivity contribution is 6.30. The number of carbonyl (C=O) groups is 1. The Morgan fingerprint density at radius 3 is 2.37 bits per heavy atom. The predicted octanol–water partition coefficient (Wildman–Crippen LogP) is 5.00. The van der Waals surface area contributed by atoms with Crippen molar-refractivity contribution in [3.8, 4) is 0 Å². The lowest BCUT2D eigenvalue weighted by atomic mass is 9.73. The maximum absolute atomic E-state index is 13.8. The van der Waals surface area contributed by atoms with E-state index >= 15 is 0 Å². The van der Waals surface area contributed by atoms with Gasteiger partial charge in [0.1, 0.15) is 0 Å². The van der Waals surface area contributed by atoms with E-state index in [2.05, 4.69) is 41.5 Å². The number of carbonyl (C=O) groups excluding carboxylic acids is 1. The minimum absolute atomic E-state index is 0.00236. The third-order valence-corrected chi connectivity index (χ3v) is 6.13. The van der Waals surface area contributed by atoms with E-state index in [1.165, 1.54) is 5.56 Å². The van der Waals surface area contributed by atoms with Gasteiger partial charge in [-0.1, -0.05) is 59.6 Å². The second-order valence-corrected chi connectivity index (χ2v) is 8.24. The molecule has 2 aromatic carbocycles. The molecule has 1 aliphatic rings. The fourth-order valence-corrected chi connectivity index (χ4v) is 4.20. The number of hydrogen-bond acceptors (Lipinski definition) is 3. The molecule has 1 aliphatic heterocycles. The normalized spacial score (nSPS) is 16.6. The zero-order valence-electron chi connectivity index (χ0n) is 17.0. The van der Waals surface area contributed by atoms with E-state index in [0.717, 1.165) is 16.7 Å². The molecule has 1 amide bonds. The number of nitrogens with one attached hydrogen (secondary N) is 1. The molecule has 0 saturated carbocycles. The van der Waals surface area contributed by atoms with Crippen molar-refractivity contribution in [1.29, 1.82) is 0 Å². The Bertz CT molecular complexity index is 982. The van der Waals surface area contributed by atoms with Crippen molar-refractivity contribution in [2.75, 3.05) is 13.2 Å². The van der Waals surface area contributed by atoms with E-state index < -0.39 is 5.41 Å². The molecule has 0 radical (unpaired) electrons. The van der Waals surface area contributed by atoms with Crippen LogP contribution < -0.4 is 5.32 Å². The molecule has 154 valence electrons. The van der Waals surface area contributed by atoms with Gasteiger partial charge in [-0.3, -0.25) is 9.78 Å². The summed E-state index contributed by atoms with van der Waals surface area (Å²) in [6, 6.07) is 19.5. The first-order valence-electron chi connectivity index (χ1n) is 10.2. The molecular formula is C25H25ClN2O2. The van der Waals surface area contributed by atoms with Crippen LogP contribution in [0.25, 0.3) is 0 Å². The molecule has 4 rings (SSSR count). The number of nitrogens with zero attached hydrogens (tertiary/aromatic N) is 1. The highest BCUT2D eigenvalue weighted by Gasteiger charge is 2.42. The van der Waals surface area contributed by atoms with Gasteiger partial charge in [-0.05, 0) is 54.7 Å². The number of hydrogen-bond donors (Lipinski definition) is 1. The minimum atomic E-state index is -0.645. The lowest BCUT2D eigenvalue weighted by Crippen LogP contribution is -2.49. The smallest absolute Gasteiger partial charge is 0.231 e.